The largest absolute Gasteiger partial charge is 0.388 e. The van der Waals surface area contributed by atoms with Crippen molar-refractivity contribution in [2.24, 2.45) is 0 Å². The molecule has 0 spiro atoms. The van der Waals surface area contributed by atoms with E-state index in [-0.39, 0.29) is 11.9 Å². The first-order chi connectivity index (χ1) is 6.38. The normalized spacial score (nSPS) is 29.5. The van der Waals surface area contributed by atoms with Crippen LogP contribution in [0, 0.1) is 0 Å². The Morgan fingerprint density at radius 1 is 1.38 bits per heavy atom. The number of hydrogen-bond donors (Lipinski definition) is 1. The summed E-state index contributed by atoms with van der Waals surface area (Å²) in [6.07, 6.45) is 7.02. The summed E-state index contributed by atoms with van der Waals surface area (Å²) in [5.41, 5.74) is 2.36. The van der Waals surface area contributed by atoms with Crippen LogP contribution in [0.5, 0.6) is 0 Å². The van der Waals surface area contributed by atoms with E-state index in [2.05, 4.69) is 10.4 Å². The predicted molar refractivity (Wildman–Crippen MR) is 47.6 cm³/mol. The van der Waals surface area contributed by atoms with Crippen LogP contribution in [0.2, 0.25) is 0 Å². The van der Waals surface area contributed by atoms with Crippen molar-refractivity contribution in [2.75, 3.05) is 13.1 Å². The topological polar surface area (TPSA) is 41.6 Å². The van der Waals surface area contributed by atoms with Gasteiger partial charge < -0.3 is 4.84 Å². The summed E-state index contributed by atoms with van der Waals surface area (Å²) in [7, 11) is 0. The van der Waals surface area contributed by atoms with Crippen LogP contribution in [-0.4, -0.2) is 29.9 Å². The first kappa shape index (κ1) is 8.56. The molecule has 13 heavy (non-hydrogen) atoms. The van der Waals surface area contributed by atoms with Gasteiger partial charge in [-0.15, -0.1) is 0 Å². The second-order valence-corrected chi connectivity index (χ2v) is 3.45. The van der Waals surface area contributed by atoms with Crippen LogP contribution < -0.4 is 5.48 Å². The highest BCUT2D eigenvalue weighted by atomic mass is 16.6. The minimum Gasteiger partial charge on any atom is -0.388 e. The Morgan fingerprint density at radius 3 is 2.85 bits per heavy atom. The molecule has 1 N–H and O–H groups in total. The molecule has 2 aliphatic heterocycles. The Labute approximate surface area is 77.5 Å². The van der Waals surface area contributed by atoms with Gasteiger partial charge in [0.2, 0.25) is 0 Å². The highest BCUT2D eigenvalue weighted by molar-refractivity contribution is 5.83. The first-order valence-electron chi connectivity index (χ1n) is 4.74. The average molecular weight is 182 g/mol. The van der Waals surface area contributed by atoms with Gasteiger partial charge in [0, 0.05) is 0 Å². The molecule has 0 saturated carbocycles. The molecule has 0 radical (unpaired) electrons. The molecular weight excluding hydrogens is 168 g/mol. The Balaban J connectivity index is 2.00. The van der Waals surface area contributed by atoms with Crippen molar-refractivity contribution in [3.8, 4) is 0 Å². The molecule has 2 heterocycles. The Hall–Kier alpha value is -1.03. The molecule has 1 fully saturated rings. The lowest BCUT2D eigenvalue weighted by molar-refractivity contribution is -0.135. The molecule has 2 aliphatic rings. The summed E-state index contributed by atoms with van der Waals surface area (Å²) in [4.78, 5) is 18.3. The van der Waals surface area contributed by atoms with E-state index in [1.54, 1.807) is 6.26 Å². The lowest BCUT2D eigenvalue weighted by Gasteiger charge is -2.32. The molecular formula is C9H14N2O2. The van der Waals surface area contributed by atoms with E-state index in [1.807, 2.05) is 6.08 Å². The number of likely N-dealkylation sites (tertiary alicyclic amines) is 1. The molecule has 4 nitrogen and oxygen atoms in total. The van der Waals surface area contributed by atoms with E-state index in [0.717, 1.165) is 13.1 Å². The maximum absolute atomic E-state index is 11.4. The summed E-state index contributed by atoms with van der Waals surface area (Å²) < 4.78 is 0. The van der Waals surface area contributed by atoms with Crippen molar-refractivity contribution >= 4 is 5.91 Å². The standard InChI is InChI=1S/C9H14N2O2/c12-9-8(4-7-13-10-9)11-5-2-1-3-6-11/h4,7-8H,1-3,5-6H2,(H,10,12). The number of rotatable bonds is 1. The molecule has 1 unspecified atom stereocenters. The molecule has 0 aromatic carbocycles. The lowest BCUT2D eigenvalue weighted by atomic mass is 10.1. The predicted octanol–water partition coefficient (Wildman–Crippen LogP) is 0.416. The van der Waals surface area contributed by atoms with E-state index in [1.165, 1.54) is 19.3 Å². The van der Waals surface area contributed by atoms with E-state index in [9.17, 15) is 4.79 Å². The number of amides is 1. The quantitative estimate of drug-likeness (QED) is 0.639. The zero-order valence-corrected chi connectivity index (χ0v) is 7.53. The van der Waals surface area contributed by atoms with Crippen molar-refractivity contribution in [2.45, 2.75) is 25.3 Å². The van der Waals surface area contributed by atoms with Gasteiger partial charge in [0.05, 0.1) is 0 Å². The third-order valence-corrected chi connectivity index (χ3v) is 2.54. The summed E-state index contributed by atoms with van der Waals surface area (Å²) in [6.45, 7) is 2.03. The van der Waals surface area contributed by atoms with Crippen molar-refractivity contribution in [3.63, 3.8) is 0 Å². The van der Waals surface area contributed by atoms with E-state index in [0.29, 0.717) is 0 Å². The number of nitrogens with one attached hydrogen (secondary N) is 1. The molecule has 0 bridgehead atoms. The van der Waals surface area contributed by atoms with Gasteiger partial charge in [0.15, 0.2) is 0 Å². The van der Waals surface area contributed by atoms with E-state index in [4.69, 9.17) is 4.84 Å². The van der Waals surface area contributed by atoms with Crippen LogP contribution in [-0.2, 0) is 9.63 Å². The van der Waals surface area contributed by atoms with Crippen molar-refractivity contribution in [3.05, 3.63) is 12.3 Å². The van der Waals surface area contributed by atoms with Gasteiger partial charge in [-0.25, -0.2) is 0 Å². The van der Waals surface area contributed by atoms with Crippen LogP contribution in [0.15, 0.2) is 12.3 Å². The SMILES string of the molecule is O=C1NOC=CC1N1CCCCC1. The summed E-state index contributed by atoms with van der Waals surface area (Å²) in [5, 5.41) is 0. The Morgan fingerprint density at radius 2 is 2.15 bits per heavy atom. The number of carbonyl (C=O) groups is 1. The van der Waals surface area contributed by atoms with Crippen LogP contribution in [0.25, 0.3) is 0 Å². The molecule has 0 aromatic rings. The van der Waals surface area contributed by atoms with Gasteiger partial charge in [0.1, 0.15) is 12.3 Å². The van der Waals surface area contributed by atoms with Crippen LogP contribution >= 0.6 is 0 Å². The summed E-state index contributed by atoms with van der Waals surface area (Å²) in [6, 6.07) is -0.117. The molecule has 0 aromatic heterocycles. The van der Waals surface area contributed by atoms with Gasteiger partial charge in [-0.1, -0.05) is 6.42 Å². The molecule has 0 aliphatic carbocycles. The van der Waals surface area contributed by atoms with E-state index >= 15 is 0 Å². The number of hydroxylamine groups is 1. The van der Waals surface area contributed by atoms with Crippen LogP contribution in [0.3, 0.4) is 0 Å². The summed E-state index contributed by atoms with van der Waals surface area (Å²) in [5.74, 6) is -0.0515. The fourth-order valence-electron chi connectivity index (χ4n) is 1.84. The molecule has 4 heteroatoms. The van der Waals surface area contributed by atoms with Gasteiger partial charge in [-0.05, 0) is 32.0 Å². The van der Waals surface area contributed by atoms with Gasteiger partial charge >= 0.3 is 0 Å². The van der Waals surface area contributed by atoms with Crippen molar-refractivity contribution in [1.82, 2.24) is 10.4 Å². The summed E-state index contributed by atoms with van der Waals surface area (Å²) >= 11 is 0. The van der Waals surface area contributed by atoms with Crippen molar-refractivity contribution in [1.29, 1.82) is 0 Å². The Kier molecular flexibility index (Phi) is 2.49. The maximum atomic E-state index is 11.4. The third-order valence-electron chi connectivity index (χ3n) is 2.54. The average Bonchev–Trinajstić information content (AvgIpc) is 2.20. The molecule has 72 valence electrons. The van der Waals surface area contributed by atoms with Crippen LogP contribution in [0.4, 0.5) is 0 Å². The van der Waals surface area contributed by atoms with Crippen molar-refractivity contribution < 1.29 is 9.63 Å². The van der Waals surface area contributed by atoms with Gasteiger partial charge in [0.25, 0.3) is 5.91 Å². The second kappa shape index (κ2) is 3.79. The number of nitrogens with zero attached hydrogens (tertiary/aromatic N) is 1. The zero-order valence-electron chi connectivity index (χ0n) is 7.53. The fraction of sp³-hybridized carbons (Fsp3) is 0.667. The van der Waals surface area contributed by atoms with Gasteiger partial charge in [-0.3, -0.25) is 9.69 Å². The molecule has 1 saturated heterocycles. The maximum Gasteiger partial charge on any atom is 0.273 e. The second-order valence-electron chi connectivity index (χ2n) is 3.45. The van der Waals surface area contributed by atoms with Crippen LogP contribution in [0.1, 0.15) is 19.3 Å². The third kappa shape index (κ3) is 1.83. The Bertz CT molecular complexity index is 222. The minimum atomic E-state index is -0.117. The number of piperidine rings is 1. The number of hydrogen-bond acceptors (Lipinski definition) is 3. The minimum absolute atomic E-state index is 0.0515. The lowest BCUT2D eigenvalue weighted by Crippen LogP contribution is -2.49. The fourth-order valence-corrected chi connectivity index (χ4v) is 1.84. The van der Waals surface area contributed by atoms with E-state index < -0.39 is 0 Å². The highest BCUT2D eigenvalue weighted by Gasteiger charge is 2.26. The smallest absolute Gasteiger partial charge is 0.273 e. The monoisotopic (exact) mass is 182 g/mol. The zero-order chi connectivity index (χ0) is 9.10. The first-order valence-corrected chi connectivity index (χ1v) is 4.74. The molecule has 1 atom stereocenters. The molecule has 2 rings (SSSR count). The number of carbonyl (C=O) groups excluding carboxylic acids is 1. The molecule has 1 amide bonds. The van der Waals surface area contributed by atoms with Gasteiger partial charge in [-0.2, -0.15) is 5.48 Å². The highest BCUT2D eigenvalue weighted by Crippen LogP contribution is 2.14.